The Bertz CT molecular complexity index is 839. The molecule has 0 radical (unpaired) electrons. The van der Waals surface area contributed by atoms with Crippen molar-refractivity contribution in [1.29, 1.82) is 0 Å². The fourth-order valence-electron chi connectivity index (χ4n) is 2.65. The van der Waals surface area contributed by atoms with Crippen molar-refractivity contribution < 1.29 is 17.5 Å². The second-order valence-corrected chi connectivity index (χ2v) is 8.06. The average molecular weight is 370 g/mol. The summed E-state index contributed by atoms with van der Waals surface area (Å²) < 4.78 is 46.1. The largest absolute Gasteiger partial charge is 0.371 e. The Labute approximate surface area is 145 Å². The summed E-state index contributed by atoms with van der Waals surface area (Å²) >= 11 is 5.88. The van der Waals surface area contributed by atoms with E-state index in [2.05, 4.69) is 0 Å². The van der Waals surface area contributed by atoms with Gasteiger partial charge in [0.25, 0.3) is 0 Å². The van der Waals surface area contributed by atoms with Crippen molar-refractivity contribution in [3.8, 4) is 0 Å². The molecular formula is C17H17ClFNO3S. The number of ether oxygens (including phenoxy) is 1. The zero-order valence-electron chi connectivity index (χ0n) is 13.1. The second kappa shape index (κ2) is 6.80. The SMILES string of the molecule is Cc1cc(S(=O)(=O)N2CCOC(c3ccc(Cl)cc3)C2)ccc1F. The first kappa shape index (κ1) is 17.4. The molecular weight excluding hydrogens is 353 g/mol. The van der Waals surface area contributed by atoms with Gasteiger partial charge < -0.3 is 4.74 Å². The van der Waals surface area contributed by atoms with Crippen LogP contribution in [-0.4, -0.2) is 32.4 Å². The summed E-state index contributed by atoms with van der Waals surface area (Å²) in [5.74, 6) is -0.421. The molecule has 0 aromatic heterocycles. The summed E-state index contributed by atoms with van der Waals surface area (Å²) in [6.07, 6.45) is -0.354. The van der Waals surface area contributed by atoms with E-state index in [0.29, 0.717) is 17.2 Å². The monoisotopic (exact) mass is 369 g/mol. The van der Waals surface area contributed by atoms with Crippen LogP contribution >= 0.6 is 11.6 Å². The lowest BCUT2D eigenvalue weighted by Crippen LogP contribution is -2.42. The molecule has 0 aliphatic carbocycles. The van der Waals surface area contributed by atoms with Gasteiger partial charge >= 0.3 is 0 Å². The van der Waals surface area contributed by atoms with E-state index in [1.54, 1.807) is 19.1 Å². The third kappa shape index (κ3) is 3.47. The fraction of sp³-hybridized carbons (Fsp3) is 0.294. The van der Waals surface area contributed by atoms with Crippen LogP contribution in [0.1, 0.15) is 17.2 Å². The summed E-state index contributed by atoms with van der Waals surface area (Å²) in [5.41, 5.74) is 1.17. The minimum atomic E-state index is -3.69. The number of hydrogen-bond donors (Lipinski definition) is 0. The summed E-state index contributed by atoms with van der Waals surface area (Å²) in [6, 6.07) is 11.0. The molecule has 1 fully saturated rings. The number of nitrogens with zero attached hydrogens (tertiary/aromatic N) is 1. The van der Waals surface area contributed by atoms with Crippen LogP contribution in [0.3, 0.4) is 0 Å². The number of sulfonamides is 1. The van der Waals surface area contributed by atoms with Gasteiger partial charge in [0.2, 0.25) is 10.0 Å². The lowest BCUT2D eigenvalue weighted by atomic mass is 10.1. The zero-order valence-corrected chi connectivity index (χ0v) is 14.6. The maximum atomic E-state index is 13.4. The Balaban J connectivity index is 1.85. The first-order valence-corrected chi connectivity index (χ1v) is 9.33. The van der Waals surface area contributed by atoms with Gasteiger partial charge in [-0.3, -0.25) is 0 Å². The molecule has 2 aromatic rings. The molecule has 0 bridgehead atoms. The maximum Gasteiger partial charge on any atom is 0.243 e. The van der Waals surface area contributed by atoms with Gasteiger partial charge in [0, 0.05) is 18.1 Å². The van der Waals surface area contributed by atoms with Gasteiger partial charge in [-0.15, -0.1) is 0 Å². The van der Waals surface area contributed by atoms with E-state index in [1.165, 1.54) is 22.5 Å². The van der Waals surface area contributed by atoms with Crippen LogP contribution in [0.5, 0.6) is 0 Å². The smallest absolute Gasteiger partial charge is 0.243 e. The lowest BCUT2D eigenvalue weighted by molar-refractivity contribution is -0.00255. The Hall–Kier alpha value is -1.47. The van der Waals surface area contributed by atoms with Crippen molar-refractivity contribution in [2.75, 3.05) is 19.7 Å². The minimum absolute atomic E-state index is 0.0955. The van der Waals surface area contributed by atoms with Crippen LogP contribution in [0.2, 0.25) is 5.02 Å². The van der Waals surface area contributed by atoms with E-state index in [4.69, 9.17) is 16.3 Å². The number of morpholine rings is 1. The van der Waals surface area contributed by atoms with Gasteiger partial charge in [0.15, 0.2) is 0 Å². The number of hydrogen-bond acceptors (Lipinski definition) is 3. The van der Waals surface area contributed by atoms with E-state index in [0.717, 1.165) is 5.56 Å². The van der Waals surface area contributed by atoms with E-state index >= 15 is 0 Å². The molecule has 0 saturated carbocycles. The van der Waals surface area contributed by atoms with Crippen molar-refractivity contribution in [2.45, 2.75) is 17.9 Å². The molecule has 4 nitrogen and oxygen atoms in total. The van der Waals surface area contributed by atoms with Gasteiger partial charge in [0.1, 0.15) is 5.82 Å². The van der Waals surface area contributed by atoms with Gasteiger partial charge in [-0.05, 0) is 48.4 Å². The third-order valence-corrected chi connectivity index (χ3v) is 6.15. The van der Waals surface area contributed by atoms with Crippen LogP contribution in [0.4, 0.5) is 4.39 Å². The van der Waals surface area contributed by atoms with Crippen molar-refractivity contribution in [3.05, 3.63) is 64.4 Å². The molecule has 1 saturated heterocycles. The molecule has 1 unspecified atom stereocenters. The van der Waals surface area contributed by atoms with Crippen LogP contribution in [0.15, 0.2) is 47.4 Å². The van der Waals surface area contributed by atoms with Crippen LogP contribution in [-0.2, 0) is 14.8 Å². The summed E-state index contributed by atoms with van der Waals surface area (Å²) in [4.78, 5) is 0.0955. The molecule has 1 aliphatic heterocycles. The summed E-state index contributed by atoms with van der Waals surface area (Å²) in [7, 11) is -3.69. The molecule has 2 aromatic carbocycles. The molecule has 24 heavy (non-hydrogen) atoms. The number of aryl methyl sites for hydroxylation is 1. The first-order valence-electron chi connectivity index (χ1n) is 7.51. The van der Waals surface area contributed by atoms with Gasteiger partial charge in [-0.2, -0.15) is 4.31 Å². The minimum Gasteiger partial charge on any atom is -0.371 e. The molecule has 0 amide bonds. The van der Waals surface area contributed by atoms with Gasteiger partial charge in [-0.1, -0.05) is 23.7 Å². The van der Waals surface area contributed by atoms with E-state index in [9.17, 15) is 12.8 Å². The normalized spacial score (nSPS) is 19.4. The molecule has 0 spiro atoms. The molecule has 128 valence electrons. The van der Waals surface area contributed by atoms with Crippen LogP contribution < -0.4 is 0 Å². The molecule has 1 heterocycles. The highest BCUT2D eigenvalue weighted by molar-refractivity contribution is 7.89. The predicted octanol–water partition coefficient (Wildman–Crippen LogP) is 3.55. The van der Waals surface area contributed by atoms with Crippen molar-refractivity contribution >= 4 is 21.6 Å². The number of benzene rings is 2. The highest BCUT2D eigenvalue weighted by Crippen LogP contribution is 2.27. The quantitative estimate of drug-likeness (QED) is 0.831. The van der Waals surface area contributed by atoms with Crippen molar-refractivity contribution in [3.63, 3.8) is 0 Å². The Morgan fingerprint density at radius 1 is 1.21 bits per heavy atom. The predicted molar refractivity (Wildman–Crippen MR) is 90.0 cm³/mol. The maximum absolute atomic E-state index is 13.4. The highest BCUT2D eigenvalue weighted by atomic mass is 35.5. The lowest BCUT2D eigenvalue weighted by Gasteiger charge is -2.32. The number of halogens is 2. The molecule has 7 heteroatoms. The second-order valence-electron chi connectivity index (χ2n) is 5.69. The van der Waals surface area contributed by atoms with Crippen LogP contribution in [0.25, 0.3) is 0 Å². The standard InChI is InChI=1S/C17H17ClFNO3S/c1-12-10-15(6-7-16(12)19)24(21,22)20-8-9-23-17(11-20)13-2-4-14(18)5-3-13/h2-7,10,17H,8-9,11H2,1H3. The van der Waals surface area contributed by atoms with Gasteiger partial charge in [0.05, 0.1) is 17.6 Å². The van der Waals surface area contributed by atoms with Gasteiger partial charge in [-0.25, -0.2) is 12.8 Å². The van der Waals surface area contributed by atoms with Crippen molar-refractivity contribution in [2.24, 2.45) is 0 Å². The topological polar surface area (TPSA) is 46.6 Å². The third-order valence-electron chi connectivity index (χ3n) is 4.04. The molecule has 1 aliphatic rings. The average Bonchev–Trinajstić information content (AvgIpc) is 2.58. The Morgan fingerprint density at radius 3 is 2.58 bits per heavy atom. The summed E-state index contributed by atoms with van der Waals surface area (Å²) in [6.45, 7) is 2.32. The number of rotatable bonds is 3. The van der Waals surface area contributed by atoms with E-state index in [1.807, 2.05) is 12.1 Å². The Morgan fingerprint density at radius 2 is 1.92 bits per heavy atom. The highest BCUT2D eigenvalue weighted by Gasteiger charge is 2.31. The Kier molecular flexibility index (Phi) is 4.92. The molecule has 1 atom stereocenters. The van der Waals surface area contributed by atoms with Crippen LogP contribution in [0, 0.1) is 12.7 Å². The molecule has 0 N–H and O–H groups in total. The zero-order chi connectivity index (χ0) is 17.3. The fourth-order valence-corrected chi connectivity index (χ4v) is 4.29. The van der Waals surface area contributed by atoms with Crippen molar-refractivity contribution in [1.82, 2.24) is 4.31 Å². The van der Waals surface area contributed by atoms with E-state index < -0.39 is 15.8 Å². The molecule has 3 rings (SSSR count). The summed E-state index contributed by atoms with van der Waals surface area (Å²) in [5, 5.41) is 0.612. The first-order chi connectivity index (χ1) is 11.4. The van der Waals surface area contributed by atoms with E-state index in [-0.39, 0.29) is 24.1 Å².